The smallest absolute Gasteiger partial charge is 0.265 e. The molecule has 0 spiro atoms. The maximum Gasteiger partial charge on any atom is 0.301 e. The fourth-order valence-electron chi connectivity index (χ4n) is 1.60. The molecule has 1 amide bonds. The lowest BCUT2D eigenvalue weighted by Gasteiger charge is -2.10. The number of nitrogens with zero attached hydrogens (tertiary/aromatic N) is 2. The Morgan fingerprint density at radius 3 is 2.94 bits per heavy atom. The maximum absolute atomic E-state index is 13.4. The van der Waals surface area contributed by atoms with Crippen LogP contribution in [-0.2, 0) is 0 Å². The molecule has 0 bridgehead atoms. The molecule has 1 aromatic carbocycles. The summed E-state index contributed by atoms with van der Waals surface area (Å²) in [6.45, 7) is 3.24. The molecular weight excluding hydrogens is 219 g/mol. The Hall–Kier alpha value is -2.23. The molecule has 0 atom stereocenters. The van der Waals surface area contributed by atoms with Gasteiger partial charge < -0.3 is 0 Å². The lowest BCUT2D eigenvalue weighted by atomic mass is 10.1. The van der Waals surface area contributed by atoms with Crippen molar-refractivity contribution in [2.75, 3.05) is 6.54 Å². The van der Waals surface area contributed by atoms with Crippen molar-refractivity contribution in [3.63, 3.8) is 0 Å². The minimum absolute atomic E-state index is 0.0990. The highest BCUT2D eigenvalue weighted by Gasteiger charge is 2.17. The Morgan fingerprint density at radius 2 is 2.18 bits per heavy atom. The largest absolute Gasteiger partial charge is 0.301 e. The predicted octanol–water partition coefficient (Wildman–Crippen LogP) is 2.75. The van der Waals surface area contributed by atoms with Crippen molar-refractivity contribution in [1.29, 1.82) is 0 Å². The predicted molar refractivity (Wildman–Crippen MR) is 64.1 cm³/mol. The number of hydrogen-bond acceptors (Lipinski definition) is 2. The van der Waals surface area contributed by atoms with Gasteiger partial charge in [-0.3, -0.25) is 9.78 Å². The van der Waals surface area contributed by atoms with Gasteiger partial charge in [-0.15, -0.1) is 6.58 Å². The van der Waals surface area contributed by atoms with E-state index in [-0.39, 0.29) is 17.4 Å². The molecule has 17 heavy (non-hydrogen) atoms. The zero-order valence-electron chi connectivity index (χ0n) is 9.14. The number of fused-ring (bicyclic) bond motifs is 1. The van der Waals surface area contributed by atoms with E-state index in [0.717, 1.165) is 5.39 Å². The summed E-state index contributed by atoms with van der Waals surface area (Å²) in [5.41, 5.74) is 0.118. The van der Waals surface area contributed by atoms with E-state index >= 15 is 0 Å². The minimum Gasteiger partial charge on any atom is -0.265 e. The van der Waals surface area contributed by atoms with Crippen LogP contribution >= 0.6 is 0 Å². The topological polar surface area (TPSA) is 33.2 Å². The number of aromatic nitrogens is 1. The second-order valence-electron chi connectivity index (χ2n) is 3.52. The lowest BCUT2D eigenvalue weighted by Crippen LogP contribution is -2.23. The minimum atomic E-state index is -0.748. The van der Waals surface area contributed by atoms with E-state index in [1.165, 1.54) is 12.3 Å². The van der Waals surface area contributed by atoms with E-state index in [1.807, 2.05) is 12.1 Å². The van der Waals surface area contributed by atoms with Crippen LogP contribution in [0.2, 0.25) is 0 Å². The Morgan fingerprint density at radius 1 is 1.41 bits per heavy atom. The Kier molecular flexibility index (Phi) is 3.14. The molecule has 0 unspecified atom stereocenters. The van der Waals surface area contributed by atoms with Gasteiger partial charge in [-0.25, -0.2) is 0 Å². The normalized spacial score (nSPS) is 10.2. The number of pyridine rings is 1. The summed E-state index contributed by atoms with van der Waals surface area (Å²) in [7, 11) is 0. The van der Waals surface area contributed by atoms with Gasteiger partial charge in [0.05, 0.1) is 6.54 Å². The van der Waals surface area contributed by atoms with Crippen LogP contribution in [0.1, 0.15) is 10.5 Å². The third-order valence-electron chi connectivity index (χ3n) is 2.39. The van der Waals surface area contributed by atoms with Crippen molar-refractivity contribution in [1.82, 2.24) is 10.1 Å². The Bertz CT molecular complexity index is 563. The molecule has 0 radical (unpaired) electrons. The van der Waals surface area contributed by atoms with E-state index in [1.54, 1.807) is 18.2 Å². The first-order valence-electron chi connectivity index (χ1n) is 5.16. The van der Waals surface area contributed by atoms with Crippen molar-refractivity contribution in [2.24, 2.45) is 0 Å². The molecule has 2 rings (SSSR count). The summed E-state index contributed by atoms with van der Waals surface area (Å²) in [6.07, 6.45) is 2.82. The van der Waals surface area contributed by atoms with Gasteiger partial charge >= 0.3 is 5.91 Å². The average Bonchev–Trinajstić information content (AvgIpc) is 2.37. The van der Waals surface area contributed by atoms with Crippen LogP contribution < -0.4 is 0 Å². The highest BCUT2D eigenvalue weighted by atomic mass is 19.2. The van der Waals surface area contributed by atoms with E-state index in [4.69, 9.17) is 0 Å². The van der Waals surface area contributed by atoms with Crippen molar-refractivity contribution >= 4 is 16.7 Å². The molecule has 0 aliphatic rings. The molecule has 0 saturated carbocycles. The van der Waals surface area contributed by atoms with Crippen LogP contribution in [0.3, 0.4) is 0 Å². The van der Waals surface area contributed by atoms with E-state index in [9.17, 15) is 9.28 Å². The fourth-order valence-corrected chi connectivity index (χ4v) is 1.60. The van der Waals surface area contributed by atoms with Gasteiger partial charge in [0, 0.05) is 11.6 Å². The van der Waals surface area contributed by atoms with Gasteiger partial charge in [0.15, 0.2) is 0 Å². The molecule has 3 nitrogen and oxygen atoms in total. The molecule has 0 fully saturated rings. The van der Waals surface area contributed by atoms with Gasteiger partial charge in [-0.05, 0) is 11.5 Å². The van der Waals surface area contributed by atoms with E-state index in [2.05, 4.69) is 11.6 Å². The van der Waals surface area contributed by atoms with Crippen LogP contribution in [-0.4, -0.2) is 22.6 Å². The molecule has 0 saturated heterocycles. The number of hydrogen-bond donors (Lipinski definition) is 0. The quantitative estimate of drug-likeness (QED) is 0.600. The van der Waals surface area contributed by atoms with E-state index in [0.29, 0.717) is 5.39 Å². The van der Waals surface area contributed by atoms with Crippen LogP contribution in [0.15, 0.2) is 49.2 Å². The molecule has 0 aliphatic carbocycles. The summed E-state index contributed by atoms with van der Waals surface area (Å²) in [6, 6.07) is 9.02. The Balaban J connectivity index is 2.48. The van der Waals surface area contributed by atoms with Crippen LogP contribution in [0.5, 0.6) is 0 Å². The average molecular weight is 230 g/mol. The maximum atomic E-state index is 13.4. The molecule has 0 N–H and O–H groups in total. The van der Waals surface area contributed by atoms with Crippen LogP contribution in [0, 0.1) is 0 Å². The number of halogens is 1. The molecule has 1 aromatic heterocycles. The van der Waals surface area contributed by atoms with Gasteiger partial charge in [0.25, 0.3) is 0 Å². The highest BCUT2D eigenvalue weighted by molar-refractivity contribution is 6.04. The number of carbonyl (C=O) groups is 1. The first-order chi connectivity index (χ1) is 8.24. The summed E-state index contributed by atoms with van der Waals surface area (Å²) >= 11 is 0. The van der Waals surface area contributed by atoms with Crippen molar-refractivity contribution < 1.29 is 9.28 Å². The molecule has 0 aliphatic heterocycles. The van der Waals surface area contributed by atoms with Crippen molar-refractivity contribution in [3.05, 3.63) is 54.9 Å². The highest BCUT2D eigenvalue weighted by Crippen LogP contribution is 2.17. The first-order valence-corrected chi connectivity index (χ1v) is 5.16. The third kappa shape index (κ3) is 2.15. The summed E-state index contributed by atoms with van der Waals surface area (Å²) in [4.78, 5) is 15.7. The molecule has 2 aromatic rings. The number of carbonyl (C=O) groups excluding carboxylic acids is 1. The molecular formula is C13H11FN2O. The van der Waals surface area contributed by atoms with Crippen molar-refractivity contribution in [3.8, 4) is 0 Å². The second kappa shape index (κ2) is 4.74. The third-order valence-corrected chi connectivity index (χ3v) is 2.39. The van der Waals surface area contributed by atoms with Crippen molar-refractivity contribution in [2.45, 2.75) is 0 Å². The van der Waals surface area contributed by atoms with Gasteiger partial charge in [0.2, 0.25) is 0 Å². The zero-order valence-corrected chi connectivity index (χ0v) is 9.14. The lowest BCUT2D eigenvalue weighted by molar-refractivity contribution is 0.0259. The molecule has 1 heterocycles. The monoisotopic (exact) mass is 230 g/mol. The number of amides is 1. The second-order valence-corrected chi connectivity index (χ2v) is 3.52. The number of benzene rings is 1. The van der Waals surface area contributed by atoms with Gasteiger partial charge in [-0.2, -0.15) is 5.12 Å². The Labute approximate surface area is 98.1 Å². The SMILES string of the molecule is C=CCN(F)C(=O)c1nccc2ccccc12. The van der Waals surface area contributed by atoms with Gasteiger partial charge in [0.1, 0.15) is 5.69 Å². The van der Waals surface area contributed by atoms with Crippen LogP contribution in [0.25, 0.3) is 10.8 Å². The zero-order chi connectivity index (χ0) is 12.3. The van der Waals surface area contributed by atoms with E-state index < -0.39 is 5.91 Å². The summed E-state index contributed by atoms with van der Waals surface area (Å²) < 4.78 is 13.4. The fraction of sp³-hybridized carbons (Fsp3) is 0.0769. The van der Waals surface area contributed by atoms with Gasteiger partial charge in [-0.1, -0.05) is 34.8 Å². The summed E-state index contributed by atoms with van der Waals surface area (Å²) in [5, 5.41) is 1.60. The number of rotatable bonds is 3. The first kappa shape index (κ1) is 11.3. The standard InChI is InChI=1S/C13H11FN2O/c1-2-9-16(14)13(17)12-11-6-4-3-5-10(11)7-8-15-12/h2-8H,1,9H2. The van der Waals surface area contributed by atoms with Crippen LogP contribution in [0.4, 0.5) is 4.48 Å². The molecule has 86 valence electrons. The summed E-state index contributed by atoms with van der Waals surface area (Å²) in [5.74, 6) is -0.748. The molecule has 4 heteroatoms.